The first-order chi connectivity index (χ1) is 2.27. The zero-order chi connectivity index (χ0) is 4.28. The average Bonchev–Trinajstić information content (AvgIpc) is 1.38. The Hall–Kier alpha value is 0.760. The zero-order valence-electron chi connectivity index (χ0n) is 2.12. The van der Waals surface area contributed by atoms with Crippen LogP contribution in [0.25, 0.3) is 0 Å². The summed E-state index contributed by atoms with van der Waals surface area (Å²) in [6.45, 7) is 0. The van der Waals surface area contributed by atoms with E-state index in [9.17, 15) is 9.46 Å². The summed E-state index contributed by atoms with van der Waals surface area (Å²) < 4.78 is 9.29. The van der Waals surface area contributed by atoms with E-state index >= 15 is 0 Å². The molecule has 5 heteroatoms. The predicted octanol–water partition coefficient (Wildman–Crippen LogP) is 0.582. The highest BCUT2D eigenvalue weighted by molar-refractivity contribution is 8.91. The molecule has 0 aliphatic heterocycles. The summed E-state index contributed by atoms with van der Waals surface area (Å²) in [6.07, 6.45) is 0. The fourth-order valence-corrected chi connectivity index (χ4v) is 0. The second kappa shape index (κ2) is 2.97. The van der Waals surface area contributed by atoms with Gasteiger partial charge in [0.2, 0.25) is 0 Å². The van der Waals surface area contributed by atoms with E-state index in [1.54, 1.807) is 0 Å². The molecule has 0 saturated heterocycles. The molecular weight excluding hydrogens is 127 g/mol. The monoisotopic (exact) mass is 128 g/mol. The molecule has 0 spiro atoms. The summed E-state index contributed by atoms with van der Waals surface area (Å²) in [5.41, 5.74) is 0. The van der Waals surface area contributed by atoms with Crippen LogP contribution in [-0.2, 0) is 4.57 Å². The molecule has 1 atom stereocenters. The third-order valence-corrected chi connectivity index (χ3v) is 1.80. The predicted molar refractivity (Wildman–Crippen MR) is 24.2 cm³/mol. The van der Waals surface area contributed by atoms with Crippen molar-refractivity contribution in [1.29, 1.82) is 0 Å². The third-order valence-electron chi connectivity index (χ3n) is 0.0667. The fraction of sp³-hybridized carbons (Fsp3) is 0. The third kappa shape index (κ3) is 4.76. The van der Waals surface area contributed by atoms with Crippen molar-refractivity contribution in [3.8, 4) is 0 Å². The van der Waals surface area contributed by atoms with Crippen molar-refractivity contribution in [3.05, 3.63) is 0 Å². The Bertz CT molecular complexity index is 42.9. The van der Waals surface area contributed by atoms with E-state index < -0.39 is 7.23 Å². The Labute approximate surface area is 39.4 Å². The van der Waals surface area contributed by atoms with Crippen molar-refractivity contribution < 1.29 is 9.46 Å². The first-order valence-electron chi connectivity index (χ1n) is 0.730. The first-order valence-corrected chi connectivity index (χ1v) is 4.38. The molecule has 0 radical (unpaired) electrons. The first kappa shape index (κ1) is 5.76. The quantitative estimate of drug-likeness (QED) is 0.319. The Morgan fingerprint density at radius 1 is 2.00 bits per heavy atom. The van der Waals surface area contributed by atoms with Crippen LogP contribution in [0.5, 0.6) is 0 Å². The van der Waals surface area contributed by atoms with Gasteiger partial charge in [-0.25, -0.2) is 0 Å². The van der Waals surface area contributed by atoms with Gasteiger partial charge in [0.25, 0.3) is 0 Å². The summed E-state index contributed by atoms with van der Waals surface area (Å²) in [5, 5.41) is 0. The van der Waals surface area contributed by atoms with Gasteiger partial charge in [-0.15, -0.1) is 0 Å². The molecule has 0 N–H and O–H groups in total. The van der Waals surface area contributed by atoms with Gasteiger partial charge in [0.1, 0.15) is 0 Å². The van der Waals surface area contributed by atoms with Crippen LogP contribution in [0.4, 0.5) is 0 Å². The fourth-order valence-electron chi connectivity index (χ4n) is 0. The summed E-state index contributed by atoms with van der Waals surface area (Å²) >= 11 is 3.34. The topological polar surface area (TPSA) is 40.1 Å². The molecule has 0 saturated carbocycles. The second-order valence-corrected chi connectivity index (χ2v) is 3.77. The number of hydrogen-bond donors (Lipinski definition) is 1. The highest BCUT2D eigenvalue weighted by Gasteiger charge is 1.89. The van der Waals surface area contributed by atoms with Crippen molar-refractivity contribution in [2.24, 2.45) is 0 Å². The SMILES string of the molecule is O=[P+]([O-])SS. The molecule has 0 fully saturated rings. The zero-order valence-corrected chi connectivity index (χ0v) is 4.72. The summed E-state index contributed by atoms with van der Waals surface area (Å²) in [5.74, 6) is 0. The highest BCUT2D eigenvalue weighted by atomic mass is 33.3. The normalized spacial score (nSPS) is 11.2. The Kier molecular flexibility index (Phi) is 3.42. The van der Waals surface area contributed by atoms with Crippen LogP contribution in [0.1, 0.15) is 0 Å². The van der Waals surface area contributed by atoms with E-state index in [1.807, 2.05) is 0 Å². The Balaban J connectivity index is 2.85. The van der Waals surface area contributed by atoms with Gasteiger partial charge in [-0.2, -0.15) is 0 Å². The van der Waals surface area contributed by atoms with Crippen LogP contribution in [0, 0.1) is 0 Å². The molecule has 0 heterocycles. The summed E-state index contributed by atoms with van der Waals surface area (Å²) in [7, 11) is -1.79. The van der Waals surface area contributed by atoms with Gasteiger partial charge in [-0.1, -0.05) is 16.2 Å². The van der Waals surface area contributed by atoms with Crippen LogP contribution in [0.15, 0.2) is 0 Å². The van der Waals surface area contributed by atoms with Gasteiger partial charge in [0.15, 0.2) is 10.4 Å². The van der Waals surface area contributed by atoms with Gasteiger partial charge in [-0.3, -0.25) is 0 Å². The maximum absolute atomic E-state index is 9.29. The molecule has 0 aliphatic carbocycles. The van der Waals surface area contributed by atoms with Crippen LogP contribution >= 0.6 is 29.3 Å². The minimum Gasteiger partial charge on any atom is -0.584 e. The molecule has 0 rings (SSSR count). The molecule has 1 unspecified atom stereocenters. The van der Waals surface area contributed by atoms with Crippen LogP contribution in [-0.4, -0.2) is 0 Å². The largest absolute Gasteiger partial charge is 0.584 e. The van der Waals surface area contributed by atoms with Crippen molar-refractivity contribution in [2.75, 3.05) is 0 Å². The van der Waals surface area contributed by atoms with Crippen LogP contribution < -0.4 is 4.89 Å². The lowest BCUT2D eigenvalue weighted by Crippen LogP contribution is -1.75. The highest BCUT2D eigenvalue weighted by Crippen LogP contribution is 2.31. The number of rotatable bonds is 1. The van der Waals surface area contributed by atoms with E-state index in [1.165, 1.54) is 0 Å². The van der Waals surface area contributed by atoms with E-state index in [0.717, 1.165) is 0 Å². The van der Waals surface area contributed by atoms with Crippen LogP contribution in [0.3, 0.4) is 0 Å². The number of hydrogen-bond acceptors (Lipinski definition) is 4. The Morgan fingerprint density at radius 3 is 2.20 bits per heavy atom. The maximum Gasteiger partial charge on any atom is 0.396 e. The Morgan fingerprint density at radius 2 is 2.20 bits per heavy atom. The molecular formula is HO2PS2. The molecule has 30 valence electrons. The lowest BCUT2D eigenvalue weighted by atomic mass is 15.9. The minimum absolute atomic E-state index is 0.528. The molecule has 0 amide bonds. The smallest absolute Gasteiger partial charge is 0.396 e. The van der Waals surface area contributed by atoms with Gasteiger partial charge >= 0.3 is 7.23 Å². The van der Waals surface area contributed by atoms with Crippen molar-refractivity contribution in [2.45, 2.75) is 0 Å². The molecule has 5 heavy (non-hydrogen) atoms. The van der Waals surface area contributed by atoms with E-state index in [2.05, 4.69) is 11.7 Å². The van der Waals surface area contributed by atoms with Crippen LogP contribution in [0.2, 0.25) is 0 Å². The summed E-state index contributed by atoms with van der Waals surface area (Å²) in [4.78, 5) is 9.29. The lowest BCUT2D eigenvalue weighted by Gasteiger charge is -1.66. The van der Waals surface area contributed by atoms with Gasteiger partial charge in [-0.05, 0) is 0 Å². The van der Waals surface area contributed by atoms with E-state index in [4.69, 9.17) is 0 Å². The summed E-state index contributed by atoms with van der Waals surface area (Å²) in [6, 6.07) is 0. The molecule has 0 bridgehead atoms. The second-order valence-electron chi connectivity index (χ2n) is 0.305. The molecule has 0 aromatic carbocycles. The molecule has 0 aromatic rings. The molecule has 0 aliphatic rings. The average molecular weight is 128 g/mol. The van der Waals surface area contributed by atoms with Crippen molar-refractivity contribution in [1.82, 2.24) is 0 Å². The maximum atomic E-state index is 9.29. The van der Waals surface area contributed by atoms with E-state index in [-0.39, 0.29) is 0 Å². The molecule has 2 nitrogen and oxygen atoms in total. The standard InChI is InChI=1S/HO2PS2/c1-3(2)5-4/h4H. The molecule has 0 aromatic heterocycles. The van der Waals surface area contributed by atoms with Gasteiger partial charge in [0.05, 0.1) is 0 Å². The van der Waals surface area contributed by atoms with Crippen molar-refractivity contribution in [3.63, 3.8) is 0 Å². The van der Waals surface area contributed by atoms with Gasteiger partial charge < -0.3 is 4.89 Å². The minimum atomic E-state index is -2.32. The van der Waals surface area contributed by atoms with Crippen molar-refractivity contribution >= 4 is 29.3 Å². The van der Waals surface area contributed by atoms with Gasteiger partial charge in [0, 0.05) is 0 Å². The van der Waals surface area contributed by atoms with E-state index in [0.29, 0.717) is 10.4 Å². The lowest BCUT2D eigenvalue weighted by molar-refractivity contribution is -0.157. The number of thiol groups is 1.